The van der Waals surface area contributed by atoms with E-state index in [2.05, 4.69) is 10.6 Å². The van der Waals surface area contributed by atoms with E-state index < -0.39 is 33.9 Å². The van der Waals surface area contributed by atoms with Crippen molar-refractivity contribution in [2.45, 2.75) is 64.8 Å². The summed E-state index contributed by atoms with van der Waals surface area (Å²) in [5.74, 6) is -0.331. The van der Waals surface area contributed by atoms with Crippen LogP contribution in [0.3, 0.4) is 0 Å². The molecule has 0 aliphatic heterocycles. The number of ether oxygens (including phenoxy) is 2. The predicted octanol–water partition coefficient (Wildman–Crippen LogP) is 4.86. The molecule has 0 aliphatic carbocycles. The molecule has 0 unspecified atom stereocenters. The minimum absolute atomic E-state index is 0. The van der Waals surface area contributed by atoms with E-state index in [1.807, 2.05) is 68.4 Å². The molecule has 2 atom stereocenters. The van der Waals surface area contributed by atoms with Crippen molar-refractivity contribution in [3.05, 3.63) is 95.3 Å². The summed E-state index contributed by atoms with van der Waals surface area (Å²) in [6.07, 6.45) is 0.115. The lowest BCUT2D eigenvalue weighted by molar-refractivity contribution is -0.122. The highest BCUT2D eigenvalue weighted by atomic mass is 35.5. The Kier molecular flexibility index (Phi) is 17.0. The summed E-state index contributed by atoms with van der Waals surface area (Å²) >= 11 is 0. The second-order valence-corrected chi connectivity index (χ2v) is 13.1. The number of hydrogen-bond acceptors (Lipinski definition) is 7. The summed E-state index contributed by atoms with van der Waals surface area (Å²) in [6.45, 7) is 5.41. The molecule has 9 nitrogen and oxygen atoms in total. The zero-order chi connectivity index (χ0) is 32.7. The van der Waals surface area contributed by atoms with Crippen molar-refractivity contribution in [2.75, 3.05) is 32.5 Å². The Morgan fingerprint density at radius 2 is 1.61 bits per heavy atom. The molecule has 0 spiro atoms. The Morgan fingerprint density at radius 1 is 0.935 bits per heavy atom. The lowest BCUT2D eigenvalue weighted by Gasteiger charge is -2.26. The smallest absolute Gasteiger partial charge is 0.221 e. The number of hydrogen-bond donors (Lipinski definition) is 3. The molecule has 0 saturated heterocycles. The third-order valence-electron chi connectivity index (χ3n) is 7.19. The summed E-state index contributed by atoms with van der Waals surface area (Å²) in [4.78, 5) is 13.1. The maximum atomic E-state index is 14.6. The standard InChI is InChI=1S/C34H46FN3O6S.ClH/c1-4-15-38(16-5-2)45(41,42)17-14-34(40)37-32(33(39)24-36-23-27-12-9-13-30(19-27)43-3)21-28-18-29(35)22-31(20-28)44-25-26-10-7-6-8-11-26;/h6-13,18-20,22,32-33,36,39H,4-5,14-17,21,23-25H2,1-3H3,(H,37,40);1H/t32-,33-;/m0./s1. The van der Waals surface area contributed by atoms with Crippen molar-refractivity contribution < 1.29 is 32.2 Å². The summed E-state index contributed by atoms with van der Waals surface area (Å²) in [5.41, 5.74) is 2.39. The summed E-state index contributed by atoms with van der Waals surface area (Å²) < 4.78 is 53.0. The van der Waals surface area contributed by atoms with Gasteiger partial charge in [0, 0.05) is 38.7 Å². The van der Waals surface area contributed by atoms with Crippen LogP contribution in [0.1, 0.15) is 49.8 Å². The number of carbonyl (C=O) groups is 1. The van der Waals surface area contributed by atoms with Gasteiger partial charge in [-0.3, -0.25) is 4.79 Å². The fraction of sp³-hybridized carbons (Fsp3) is 0.441. The van der Waals surface area contributed by atoms with Crippen molar-refractivity contribution in [3.63, 3.8) is 0 Å². The molecule has 0 radical (unpaired) electrons. The first-order valence-electron chi connectivity index (χ1n) is 15.4. The molecule has 3 N–H and O–H groups in total. The molecular formula is C34H47ClFN3O6S. The number of sulfonamides is 1. The molecule has 0 aromatic heterocycles. The van der Waals surface area contributed by atoms with Gasteiger partial charge in [0.2, 0.25) is 15.9 Å². The number of methoxy groups -OCH3 is 1. The molecule has 3 rings (SSSR count). The van der Waals surface area contributed by atoms with Gasteiger partial charge in [-0.25, -0.2) is 17.1 Å². The second-order valence-electron chi connectivity index (χ2n) is 11.0. The van der Waals surface area contributed by atoms with E-state index in [0.717, 1.165) is 11.1 Å². The van der Waals surface area contributed by atoms with Crippen LogP contribution >= 0.6 is 12.4 Å². The van der Waals surface area contributed by atoms with Gasteiger partial charge >= 0.3 is 0 Å². The van der Waals surface area contributed by atoms with Gasteiger partial charge in [-0.1, -0.05) is 56.3 Å². The number of nitrogens with one attached hydrogen (secondary N) is 2. The molecule has 46 heavy (non-hydrogen) atoms. The number of aliphatic hydroxyl groups excluding tert-OH is 1. The quantitative estimate of drug-likeness (QED) is 0.156. The molecule has 0 heterocycles. The maximum Gasteiger partial charge on any atom is 0.221 e. The zero-order valence-corrected chi connectivity index (χ0v) is 28.4. The Morgan fingerprint density at radius 3 is 2.28 bits per heavy atom. The van der Waals surface area contributed by atoms with E-state index in [1.165, 1.54) is 16.4 Å². The molecule has 0 bridgehead atoms. The predicted molar refractivity (Wildman–Crippen MR) is 181 cm³/mol. The van der Waals surface area contributed by atoms with Crippen LogP contribution < -0.4 is 20.1 Å². The van der Waals surface area contributed by atoms with Crippen LogP contribution in [0.25, 0.3) is 0 Å². The normalized spacial score (nSPS) is 12.7. The van der Waals surface area contributed by atoms with E-state index in [1.54, 1.807) is 13.2 Å². The number of carbonyl (C=O) groups excluding carboxylic acids is 1. The number of halogens is 2. The highest BCUT2D eigenvalue weighted by Gasteiger charge is 2.25. The average Bonchev–Trinajstić information content (AvgIpc) is 3.03. The lowest BCUT2D eigenvalue weighted by atomic mass is 10.00. The summed E-state index contributed by atoms with van der Waals surface area (Å²) in [6, 6.07) is 20.5. The Hall–Kier alpha value is -3.22. The largest absolute Gasteiger partial charge is 0.497 e. The number of aliphatic hydroxyl groups is 1. The van der Waals surface area contributed by atoms with E-state index in [4.69, 9.17) is 9.47 Å². The summed E-state index contributed by atoms with van der Waals surface area (Å²) in [7, 11) is -2.04. The van der Waals surface area contributed by atoms with E-state index in [9.17, 15) is 22.7 Å². The molecular weight excluding hydrogens is 633 g/mol. The molecule has 0 saturated carbocycles. The minimum Gasteiger partial charge on any atom is -0.497 e. The SMILES string of the molecule is CCCN(CCC)S(=O)(=O)CCC(=O)N[C@@H](Cc1cc(F)cc(OCc2ccccc2)c1)[C@@H](O)CNCc1cccc(OC)c1.Cl. The first-order valence-corrected chi connectivity index (χ1v) is 17.0. The minimum atomic E-state index is -3.63. The van der Waals surface area contributed by atoms with Gasteiger partial charge in [0.1, 0.15) is 23.9 Å². The van der Waals surface area contributed by atoms with Gasteiger partial charge in [0.15, 0.2) is 0 Å². The van der Waals surface area contributed by atoms with E-state index in [-0.39, 0.29) is 44.2 Å². The van der Waals surface area contributed by atoms with Crippen molar-refractivity contribution in [3.8, 4) is 11.5 Å². The average molecular weight is 680 g/mol. The monoisotopic (exact) mass is 679 g/mol. The van der Waals surface area contributed by atoms with Gasteiger partial charge in [-0.15, -0.1) is 12.4 Å². The topological polar surface area (TPSA) is 117 Å². The van der Waals surface area contributed by atoms with E-state index >= 15 is 0 Å². The number of amides is 1. The highest BCUT2D eigenvalue weighted by molar-refractivity contribution is 7.89. The van der Waals surface area contributed by atoms with Crippen LogP contribution in [0.2, 0.25) is 0 Å². The van der Waals surface area contributed by atoms with Gasteiger partial charge in [0.05, 0.1) is 25.0 Å². The molecule has 0 aliphatic rings. The fourth-order valence-corrected chi connectivity index (χ4v) is 6.53. The maximum absolute atomic E-state index is 14.6. The molecule has 12 heteroatoms. The number of rotatable bonds is 20. The van der Waals surface area contributed by atoms with E-state index in [0.29, 0.717) is 49.5 Å². The van der Waals surface area contributed by atoms with Gasteiger partial charge < -0.3 is 25.2 Å². The van der Waals surface area contributed by atoms with Crippen molar-refractivity contribution >= 4 is 28.3 Å². The van der Waals surface area contributed by atoms with Crippen molar-refractivity contribution in [1.29, 1.82) is 0 Å². The van der Waals surface area contributed by atoms with Crippen LogP contribution in [0.5, 0.6) is 11.5 Å². The molecule has 3 aromatic rings. The van der Waals surface area contributed by atoms with Crippen LogP contribution in [-0.2, 0) is 34.4 Å². The zero-order valence-electron chi connectivity index (χ0n) is 26.8. The van der Waals surface area contributed by atoms with Gasteiger partial charge in [-0.2, -0.15) is 0 Å². The highest BCUT2D eigenvalue weighted by Crippen LogP contribution is 2.20. The van der Waals surface area contributed by atoms with Crippen molar-refractivity contribution in [1.82, 2.24) is 14.9 Å². The number of benzene rings is 3. The first-order chi connectivity index (χ1) is 21.6. The second kappa shape index (κ2) is 20.1. The summed E-state index contributed by atoms with van der Waals surface area (Å²) in [5, 5.41) is 17.2. The van der Waals surface area contributed by atoms with Crippen LogP contribution in [0.15, 0.2) is 72.8 Å². The third kappa shape index (κ3) is 13.3. The van der Waals surface area contributed by atoms with Crippen LogP contribution in [0.4, 0.5) is 4.39 Å². The molecule has 1 amide bonds. The Balaban J connectivity index is 0.00000736. The Bertz CT molecular complexity index is 1440. The fourth-order valence-electron chi connectivity index (χ4n) is 4.91. The van der Waals surface area contributed by atoms with Crippen molar-refractivity contribution in [2.24, 2.45) is 0 Å². The molecule has 0 fully saturated rings. The van der Waals surface area contributed by atoms with Crippen LogP contribution in [-0.4, -0.2) is 68.4 Å². The third-order valence-corrected chi connectivity index (χ3v) is 9.06. The Labute approximate surface area is 279 Å². The lowest BCUT2D eigenvalue weighted by Crippen LogP contribution is -2.49. The molecule has 254 valence electrons. The number of nitrogens with zero attached hydrogens (tertiary/aromatic N) is 1. The first kappa shape index (κ1) is 39.0. The van der Waals surface area contributed by atoms with Gasteiger partial charge in [0.25, 0.3) is 0 Å². The van der Waals surface area contributed by atoms with Gasteiger partial charge in [-0.05, 0) is 60.2 Å². The van der Waals surface area contributed by atoms with Crippen LogP contribution in [0, 0.1) is 5.82 Å². The molecule has 3 aromatic carbocycles.